The van der Waals surface area contributed by atoms with E-state index in [1.165, 1.54) is 14.2 Å². The lowest BCUT2D eigenvalue weighted by atomic mass is 9.65. The Morgan fingerprint density at radius 2 is 2.03 bits per heavy atom. The minimum absolute atomic E-state index is 0.0233. The number of carbonyl (C=O) groups excluding carboxylic acids is 3. The van der Waals surface area contributed by atoms with Crippen LogP contribution < -0.4 is 20.1 Å². The van der Waals surface area contributed by atoms with E-state index in [0.29, 0.717) is 11.3 Å². The molecule has 1 heterocycles. The Hall–Kier alpha value is -3.30. The molecule has 4 atom stereocenters. The third-order valence-corrected chi connectivity index (χ3v) is 6.57. The van der Waals surface area contributed by atoms with E-state index in [9.17, 15) is 19.5 Å². The SMILES string of the molecule is COc1cccc(C(=O)CNC(=O)[C@H](C)[C@@H](OC)[C@@]2(C(C)(C)C)C[C@H](N=[N+]=N)CN2C(=O)[O-])c1. The van der Waals surface area contributed by atoms with E-state index in [4.69, 9.17) is 15.0 Å². The van der Waals surface area contributed by atoms with Crippen LogP contribution in [0.5, 0.6) is 5.75 Å². The number of benzene rings is 1. The summed E-state index contributed by atoms with van der Waals surface area (Å²) in [5, 5.41) is 18.6. The number of rotatable bonds is 9. The molecule has 11 nitrogen and oxygen atoms in total. The summed E-state index contributed by atoms with van der Waals surface area (Å²) in [5.74, 6) is -1.06. The van der Waals surface area contributed by atoms with Crippen molar-refractivity contribution >= 4 is 17.8 Å². The molecule has 1 saturated heterocycles. The molecule has 0 aromatic heterocycles. The zero-order valence-electron chi connectivity index (χ0n) is 20.5. The minimum atomic E-state index is -1.42. The fourth-order valence-electron chi connectivity index (χ4n) is 4.89. The third-order valence-electron chi connectivity index (χ3n) is 6.57. The lowest BCUT2D eigenvalue weighted by molar-refractivity contribution is -0.277. The molecular weight excluding hydrogens is 442 g/mol. The van der Waals surface area contributed by atoms with Crippen LogP contribution in [0.4, 0.5) is 4.79 Å². The number of carboxylic acid groups (broad SMARTS) is 1. The Kier molecular flexibility index (Phi) is 8.52. The first-order valence-corrected chi connectivity index (χ1v) is 11.0. The molecule has 11 heteroatoms. The molecule has 1 aromatic carbocycles. The van der Waals surface area contributed by atoms with Crippen molar-refractivity contribution < 1.29 is 29.0 Å². The zero-order chi connectivity index (χ0) is 25.7. The molecule has 0 spiro atoms. The molecule has 34 heavy (non-hydrogen) atoms. The van der Waals surface area contributed by atoms with Crippen molar-refractivity contribution in [1.29, 1.82) is 5.53 Å². The summed E-state index contributed by atoms with van der Waals surface area (Å²) in [7, 11) is 2.91. The van der Waals surface area contributed by atoms with Crippen molar-refractivity contribution in [2.75, 3.05) is 27.3 Å². The molecule has 1 aliphatic rings. The van der Waals surface area contributed by atoms with Crippen LogP contribution >= 0.6 is 0 Å². The Morgan fingerprint density at radius 1 is 1.35 bits per heavy atom. The van der Waals surface area contributed by atoms with Gasteiger partial charge in [-0.25, -0.2) is 0 Å². The van der Waals surface area contributed by atoms with E-state index in [2.05, 4.69) is 15.3 Å². The molecule has 2 amide bonds. The van der Waals surface area contributed by atoms with Crippen molar-refractivity contribution in [2.45, 2.75) is 51.8 Å². The number of Topliss-reactive ketones (excluding diaryl/α,β-unsaturated/α-hetero) is 1. The van der Waals surface area contributed by atoms with Gasteiger partial charge in [0.25, 0.3) is 0 Å². The quantitative estimate of drug-likeness (QED) is 0.312. The summed E-state index contributed by atoms with van der Waals surface area (Å²) in [4.78, 5) is 42.0. The van der Waals surface area contributed by atoms with Gasteiger partial charge in [0.1, 0.15) is 22.5 Å². The predicted octanol–water partition coefficient (Wildman–Crippen LogP) is 1.40. The Labute approximate surface area is 199 Å². The van der Waals surface area contributed by atoms with Crippen molar-refractivity contribution in [3.63, 3.8) is 0 Å². The molecule has 0 aliphatic carbocycles. The summed E-state index contributed by atoms with van der Waals surface area (Å²) < 4.78 is 10.9. The molecule has 0 radical (unpaired) electrons. The highest BCUT2D eigenvalue weighted by molar-refractivity contribution is 5.99. The number of amides is 2. The van der Waals surface area contributed by atoms with Crippen molar-refractivity contribution in [1.82, 2.24) is 15.1 Å². The fourth-order valence-corrected chi connectivity index (χ4v) is 4.89. The first-order valence-electron chi connectivity index (χ1n) is 11.0. The van der Waals surface area contributed by atoms with E-state index in [1.807, 2.05) is 20.8 Å². The van der Waals surface area contributed by atoms with Gasteiger partial charge in [-0.15, -0.1) is 0 Å². The molecule has 1 aliphatic heterocycles. The Morgan fingerprint density at radius 3 is 2.56 bits per heavy atom. The van der Waals surface area contributed by atoms with E-state index in [0.717, 1.165) is 4.90 Å². The maximum atomic E-state index is 13.1. The molecule has 1 aromatic rings. The molecular formula is C23H33N5O6. The third kappa shape index (κ3) is 5.26. The lowest BCUT2D eigenvalue weighted by Crippen LogP contribution is -2.67. The van der Waals surface area contributed by atoms with Gasteiger partial charge in [0.2, 0.25) is 10.8 Å². The summed E-state index contributed by atoms with van der Waals surface area (Å²) in [6.07, 6.45) is -2.10. The number of nitrogens with one attached hydrogen (secondary N) is 2. The average Bonchev–Trinajstić information content (AvgIpc) is 3.18. The van der Waals surface area contributed by atoms with Crippen molar-refractivity contribution in [2.24, 2.45) is 16.4 Å². The summed E-state index contributed by atoms with van der Waals surface area (Å²) >= 11 is 0. The molecule has 2 N–H and O–H groups in total. The highest BCUT2D eigenvalue weighted by Crippen LogP contribution is 2.49. The number of hydrogen-bond acceptors (Lipinski definition) is 8. The highest BCUT2D eigenvalue weighted by Gasteiger charge is 2.61. The monoisotopic (exact) mass is 475 g/mol. The molecule has 1 fully saturated rings. The summed E-state index contributed by atoms with van der Waals surface area (Å²) in [6.45, 7) is 6.92. The lowest BCUT2D eigenvalue weighted by Gasteiger charge is -2.54. The molecule has 0 bridgehead atoms. The maximum absolute atomic E-state index is 13.1. The molecule has 0 unspecified atom stereocenters. The van der Waals surface area contributed by atoms with Crippen LogP contribution in [0, 0.1) is 16.9 Å². The number of ether oxygens (including phenoxy) is 2. The van der Waals surface area contributed by atoms with E-state index in [-0.39, 0.29) is 25.3 Å². The maximum Gasteiger partial charge on any atom is 0.225 e. The van der Waals surface area contributed by atoms with E-state index in [1.54, 1.807) is 31.2 Å². The fraction of sp³-hybridized carbons (Fsp3) is 0.609. The van der Waals surface area contributed by atoms with Gasteiger partial charge in [0.15, 0.2) is 11.8 Å². The molecule has 0 saturated carbocycles. The Bertz CT molecular complexity index is 971. The standard InChI is InChI=1S/C23H33N5O6/c1-14(20(30)25-12-18(29)15-8-7-9-17(10-15)33-5)19(34-6)23(22(2,3)4)11-16(26-27-24)13-28(23)21(31)32/h7-10,14,16,19,24H,11-13H2,1-6H3,(H-,25,30,31,32)/t14-,16+,19-,23-/m1/s1. The molecule has 186 valence electrons. The van der Waals surface area contributed by atoms with Gasteiger partial charge in [-0.2, -0.15) is 0 Å². The van der Waals surface area contributed by atoms with Crippen molar-refractivity contribution in [3.05, 3.63) is 29.8 Å². The minimum Gasteiger partial charge on any atom is -0.530 e. The van der Waals surface area contributed by atoms with E-state index >= 15 is 0 Å². The van der Waals surface area contributed by atoms with Crippen LogP contribution in [0.3, 0.4) is 0 Å². The predicted molar refractivity (Wildman–Crippen MR) is 120 cm³/mol. The van der Waals surface area contributed by atoms with Gasteiger partial charge in [-0.05, 0) is 17.5 Å². The van der Waals surface area contributed by atoms with Crippen LogP contribution in [-0.2, 0) is 9.53 Å². The normalized spacial score (nSPS) is 21.8. The van der Waals surface area contributed by atoms with Gasteiger partial charge in [0, 0.05) is 25.6 Å². The number of hydrogen-bond donors (Lipinski definition) is 2. The van der Waals surface area contributed by atoms with Gasteiger partial charge >= 0.3 is 0 Å². The summed E-state index contributed by atoms with van der Waals surface area (Å²) in [5.41, 5.74) is 5.58. The van der Waals surface area contributed by atoms with Gasteiger partial charge < -0.3 is 29.6 Å². The number of carbonyl (C=O) groups is 3. The first-order chi connectivity index (χ1) is 15.9. The van der Waals surface area contributed by atoms with Gasteiger partial charge in [-0.3, -0.25) is 9.59 Å². The van der Waals surface area contributed by atoms with Crippen LogP contribution in [-0.4, -0.2) is 67.7 Å². The highest BCUT2D eigenvalue weighted by atomic mass is 16.5. The second kappa shape index (κ2) is 10.8. The topological polar surface area (TPSA) is 158 Å². The number of methoxy groups -OCH3 is 2. The first kappa shape index (κ1) is 26.9. The van der Waals surface area contributed by atoms with Gasteiger partial charge in [-0.1, -0.05) is 39.8 Å². The Balaban J connectivity index is 2.30. The van der Waals surface area contributed by atoms with Crippen LogP contribution in [0.1, 0.15) is 44.5 Å². The smallest absolute Gasteiger partial charge is 0.225 e. The van der Waals surface area contributed by atoms with Crippen LogP contribution in [0.2, 0.25) is 0 Å². The second-order valence-electron chi connectivity index (χ2n) is 9.44. The second-order valence-corrected chi connectivity index (χ2v) is 9.44. The zero-order valence-corrected chi connectivity index (χ0v) is 20.5. The van der Waals surface area contributed by atoms with Crippen LogP contribution in [0.15, 0.2) is 29.4 Å². The average molecular weight is 476 g/mol. The number of ketones is 1. The van der Waals surface area contributed by atoms with Gasteiger partial charge in [0.05, 0.1) is 31.2 Å². The number of nitrogens with zero attached hydrogens (tertiary/aromatic N) is 3. The summed E-state index contributed by atoms with van der Waals surface area (Å²) in [6, 6.07) is 6.04. The molecule has 2 rings (SSSR count). The van der Waals surface area contributed by atoms with Crippen molar-refractivity contribution in [3.8, 4) is 5.75 Å². The number of likely N-dealkylation sites (tertiary alicyclic amines) is 1. The van der Waals surface area contributed by atoms with Crippen LogP contribution in [0.25, 0.3) is 0 Å². The van der Waals surface area contributed by atoms with E-state index < -0.39 is 41.0 Å². The largest absolute Gasteiger partial charge is 0.530 e.